The van der Waals surface area contributed by atoms with Crippen molar-refractivity contribution in [1.82, 2.24) is 15.1 Å². The molecule has 2 unspecified atom stereocenters. The van der Waals surface area contributed by atoms with Gasteiger partial charge in [0.25, 0.3) is 0 Å². The van der Waals surface area contributed by atoms with Crippen molar-refractivity contribution in [2.75, 3.05) is 26.2 Å². The van der Waals surface area contributed by atoms with Gasteiger partial charge in [-0.3, -0.25) is 0 Å². The van der Waals surface area contributed by atoms with Gasteiger partial charge in [-0.1, -0.05) is 0 Å². The van der Waals surface area contributed by atoms with Crippen molar-refractivity contribution in [3.8, 4) is 0 Å². The molecule has 2 rings (SSSR count). The van der Waals surface area contributed by atoms with E-state index in [1.807, 2.05) is 23.6 Å². The first-order chi connectivity index (χ1) is 7.74. The van der Waals surface area contributed by atoms with Crippen LogP contribution in [0.2, 0.25) is 0 Å². The van der Waals surface area contributed by atoms with Gasteiger partial charge >= 0.3 is 6.03 Å². The van der Waals surface area contributed by atoms with Crippen molar-refractivity contribution in [1.29, 1.82) is 0 Å². The lowest BCUT2D eigenvalue weighted by Gasteiger charge is -2.30. The van der Waals surface area contributed by atoms with Crippen LogP contribution < -0.4 is 5.32 Å². The monoisotopic (exact) mass is 225 g/mol. The Morgan fingerprint density at radius 2 is 1.94 bits per heavy atom. The van der Waals surface area contributed by atoms with Crippen LogP contribution in [0.1, 0.15) is 33.1 Å². The van der Waals surface area contributed by atoms with Crippen LogP contribution in [0.5, 0.6) is 0 Å². The third-order valence-electron chi connectivity index (χ3n) is 3.83. The Kier molecular flexibility index (Phi) is 3.69. The summed E-state index contributed by atoms with van der Waals surface area (Å²) in [6.07, 6.45) is 3.63. The summed E-state index contributed by atoms with van der Waals surface area (Å²) in [7, 11) is 0. The van der Waals surface area contributed by atoms with Gasteiger partial charge in [-0.05, 0) is 33.1 Å². The number of carbonyl (C=O) groups is 1. The SMILES string of the molecule is CCN(CC)C(=O)N1CCC2CCC(C1)N2. The number of rotatable bonds is 2. The Labute approximate surface area is 98.0 Å². The molecule has 2 aliphatic heterocycles. The zero-order valence-corrected chi connectivity index (χ0v) is 10.4. The molecule has 4 nitrogen and oxygen atoms in total. The maximum absolute atomic E-state index is 12.2. The van der Waals surface area contributed by atoms with Gasteiger partial charge in [-0.2, -0.15) is 0 Å². The lowest BCUT2D eigenvalue weighted by atomic mass is 10.1. The molecule has 1 N–H and O–H groups in total. The van der Waals surface area contributed by atoms with Crippen LogP contribution in [0.15, 0.2) is 0 Å². The smallest absolute Gasteiger partial charge is 0.320 e. The average molecular weight is 225 g/mol. The first-order valence-corrected chi connectivity index (χ1v) is 6.54. The standard InChI is InChI=1S/C12H23N3O/c1-3-14(4-2)12(16)15-8-7-10-5-6-11(9-15)13-10/h10-11,13H,3-9H2,1-2H3. The van der Waals surface area contributed by atoms with Gasteiger partial charge in [0.2, 0.25) is 0 Å². The molecule has 2 bridgehead atoms. The third kappa shape index (κ3) is 2.32. The number of likely N-dealkylation sites (tertiary alicyclic amines) is 1. The molecule has 0 aliphatic carbocycles. The highest BCUT2D eigenvalue weighted by Crippen LogP contribution is 2.20. The van der Waals surface area contributed by atoms with E-state index in [-0.39, 0.29) is 6.03 Å². The Morgan fingerprint density at radius 3 is 2.62 bits per heavy atom. The Morgan fingerprint density at radius 1 is 1.25 bits per heavy atom. The number of hydrogen-bond donors (Lipinski definition) is 1. The van der Waals surface area contributed by atoms with Crippen molar-refractivity contribution in [2.45, 2.75) is 45.2 Å². The van der Waals surface area contributed by atoms with Crippen LogP contribution in [0, 0.1) is 0 Å². The van der Waals surface area contributed by atoms with Crippen LogP contribution in [0.4, 0.5) is 4.79 Å². The van der Waals surface area contributed by atoms with E-state index in [1.54, 1.807) is 0 Å². The highest BCUT2D eigenvalue weighted by molar-refractivity contribution is 5.74. The molecule has 2 fully saturated rings. The van der Waals surface area contributed by atoms with Crippen molar-refractivity contribution in [3.63, 3.8) is 0 Å². The topological polar surface area (TPSA) is 35.6 Å². The molecule has 92 valence electrons. The minimum absolute atomic E-state index is 0.222. The zero-order valence-electron chi connectivity index (χ0n) is 10.4. The fourth-order valence-electron chi connectivity index (χ4n) is 2.81. The third-order valence-corrected chi connectivity index (χ3v) is 3.83. The van der Waals surface area contributed by atoms with Crippen LogP contribution in [-0.2, 0) is 0 Å². The average Bonchev–Trinajstić information content (AvgIpc) is 2.60. The predicted octanol–water partition coefficient (Wildman–Crippen LogP) is 1.27. The lowest BCUT2D eigenvalue weighted by Crippen LogP contribution is -2.46. The van der Waals surface area contributed by atoms with E-state index in [4.69, 9.17) is 0 Å². The summed E-state index contributed by atoms with van der Waals surface area (Å²) in [5.74, 6) is 0. The maximum atomic E-state index is 12.2. The van der Waals surface area contributed by atoms with E-state index < -0.39 is 0 Å². The summed E-state index contributed by atoms with van der Waals surface area (Å²) < 4.78 is 0. The van der Waals surface area contributed by atoms with E-state index >= 15 is 0 Å². The second-order valence-corrected chi connectivity index (χ2v) is 4.83. The Hall–Kier alpha value is -0.770. The molecule has 0 aromatic carbocycles. The van der Waals surface area contributed by atoms with Gasteiger partial charge < -0.3 is 15.1 Å². The molecule has 2 amide bonds. The number of hydrogen-bond acceptors (Lipinski definition) is 2. The summed E-state index contributed by atoms with van der Waals surface area (Å²) in [5, 5.41) is 3.60. The quantitative estimate of drug-likeness (QED) is 0.768. The molecular weight excluding hydrogens is 202 g/mol. The first kappa shape index (κ1) is 11.7. The molecule has 0 spiro atoms. The van der Waals surface area contributed by atoms with Crippen LogP contribution in [-0.4, -0.2) is 54.1 Å². The van der Waals surface area contributed by atoms with Crippen LogP contribution in [0.25, 0.3) is 0 Å². The highest BCUT2D eigenvalue weighted by atomic mass is 16.2. The van der Waals surface area contributed by atoms with Gasteiger partial charge in [0.1, 0.15) is 0 Å². The fraction of sp³-hybridized carbons (Fsp3) is 0.917. The summed E-state index contributed by atoms with van der Waals surface area (Å²) in [6.45, 7) is 7.53. The maximum Gasteiger partial charge on any atom is 0.320 e. The number of urea groups is 1. The summed E-state index contributed by atoms with van der Waals surface area (Å²) in [5.41, 5.74) is 0. The Balaban J connectivity index is 1.96. The van der Waals surface area contributed by atoms with Gasteiger partial charge in [0, 0.05) is 38.3 Å². The molecule has 2 heterocycles. The minimum Gasteiger partial charge on any atom is -0.325 e. The molecule has 2 atom stereocenters. The molecule has 0 aromatic heterocycles. The van der Waals surface area contributed by atoms with E-state index in [0.29, 0.717) is 12.1 Å². The first-order valence-electron chi connectivity index (χ1n) is 6.54. The molecule has 2 aliphatic rings. The van der Waals surface area contributed by atoms with Crippen LogP contribution in [0.3, 0.4) is 0 Å². The van der Waals surface area contributed by atoms with E-state index in [0.717, 1.165) is 32.6 Å². The molecule has 0 aromatic rings. The number of amides is 2. The number of fused-ring (bicyclic) bond motifs is 2. The zero-order chi connectivity index (χ0) is 11.5. The summed E-state index contributed by atoms with van der Waals surface area (Å²) >= 11 is 0. The lowest BCUT2D eigenvalue weighted by molar-refractivity contribution is 0.155. The van der Waals surface area contributed by atoms with Gasteiger partial charge in [0.15, 0.2) is 0 Å². The number of nitrogens with zero attached hydrogens (tertiary/aromatic N) is 2. The van der Waals surface area contributed by atoms with Gasteiger partial charge in [-0.15, -0.1) is 0 Å². The number of nitrogens with one attached hydrogen (secondary N) is 1. The molecule has 0 radical (unpaired) electrons. The van der Waals surface area contributed by atoms with Crippen molar-refractivity contribution < 1.29 is 4.79 Å². The van der Waals surface area contributed by atoms with Crippen molar-refractivity contribution in [2.24, 2.45) is 0 Å². The normalized spacial score (nSPS) is 29.0. The van der Waals surface area contributed by atoms with E-state index in [9.17, 15) is 4.79 Å². The van der Waals surface area contributed by atoms with Crippen molar-refractivity contribution >= 4 is 6.03 Å². The fourth-order valence-corrected chi connectivity index (χ4v) is 2.81. The van der Waals surface area contributed by atoms with Crippen molar-refractivity contribution in [3.05, 3.63) is 0 Å². The Bertz CT molecular complexity index is 253. The van der Waals surface area contributed by atoms with Gasteiger partial charge in [0.05, 0.1) is 0 Å². The highest BCUT2D eigenvalue weighted by Gasteiger charge is 2.32. The number of carbonyl (C=O) groups excluding carboxylic acids is 1. The second kappa shape index (κ2) is 5.04. The van der Waals surface area contributed by atoms with E-state index in [2.05, 4.69) is 5.32 Å². The van der Waals surface area contributed by atoms with Crippen LogP contribution >= 0.6 is 0 Å². The second-order valence-electron chi connectivity index (χ2n) is 4.83. The van der Waals surface area contributed by atoms with Gasteiger partial charge in [-0.25, -0.2) is 4.79 Å². The predicted molar refractivity (Wildman–Crippen MR) is 64.5 cm³/mol. The molecule has 4 heteroatoms. The summed E-state index contributed by atoms with van der Waals surface area (Å²) in [6, 6.07) is 1.41. The van der Waals surface area contributed by atoms with E-state index in [1.165, 1.54) is 12.8 Å². The molecular formula is C12H23N3O. The molecule has 16 heavy (non-hydrogen) atoms. The summed E-state index contributed by atoms with van der Waals surface area (Å²) in [4.78, 5) is 16.2. The molecule has 2 saturated heterocycles. The largest absolute Gasteiger partial charge is 0.325 e. The molecule has 0 saturated carbocycles. The minimum atomic E-state index is 0.222.